The number of piperidine rings is 1. The van der Waals surface area contributed by atoms with Crippen LogP contribution in [0.25, 0.3) is 0 Å². The Morgan fingerprint density at radius 2 is 1.88 bits per heavy atom. The van der Waals surface area contributed by atoms with Gasteiger partial charge in [-0.15, -0.1) is 11.3 Å². The van der Waals surface area contributed by atoms with Gasteiger partial charge in [-0.2, -0.15) is 4.31 Å². The molecule has 1 aromatic heterocycles. The highest BCUT2D eigenvalue weighted by molar-refractivity contribution is 7.89. The summed E-state index contributed by atoms with van der Waals surface area (Å²) in [4.78, 5) is 26.1. The van der Waals surface area contributed by atoms with Crippen LogP contribution in [-0.4, -0.2) is 60.8 Å². The number of rotatable bonds is 4. The summed E-state index contributed by atoms with van der Waals surface area (Å²) in [5, 5.41) is 11.0. The molecule has 3 heterocycles. The van der Waals surface area contributed by atoms with Gasteiger partial charge in [-0.25, -0.2) is 8.42 Å². The first-order valence-electron chi connectivity index (χ1n) is 8.36. The van der Waals surface area contributed by atoms with E-state index in [1.807, 2.05) is 0 Å². The molecule has 2 saturated heterocycles. The van der Waals surface area contributed by atoms with Gasteiger partial charge in [0.15, 0.2) is 0 Å². The van der Waals surface area contributed by atoms with Gasteiger partial charge in [0.05, 0.1) is 5.41 Å². The highest BCUT2D eigenvalue weighted by Gasteiger charge is 2.41. The Hall–Kier alpha value is -1.45. The van der Waals surface area contributed by atoms with Gasteiger partial charge in [0, 0.05) is 26.2 Å². The van der Waals surface area contributed by atoms with E-state index in [4.69, 9.17) is 0 Å². The summed E-state index contributed by atoms with van der Waals surface area (Å²) in [6.07, 6.45) is 2.76. The highest BCUT2D eigenvalue weighted by Crippen LogP contribution is 2.33. The van der Waals surface area contributed by atoms with Crippen molar-refractivity contribution < 1.29 is 23.1 Å². The minimum atomic E-state index is -3.67. The van der Waals surface area contributed by atoms with E-state index in [0.29, 0.717) is 32.5 Å². The Morgan fingerprint density at radius 3 is 2.52 bits per heavy atom. The molecule has 1 N–H and O–H groups in total. The maximum absolute atomic E-state index is 12.9. The van der Waals surface area contributed by atoms with Crippen LogP contribution in [0.1, 0.15) is 42.3 Å². The van der Waals surface area contributed by atoms with Crippen molar-refractivity contribution in [3.63, 3.8) is 0 Å². The summed E-state index contributed by atoms with van der Waals surface area (Å²) in [5.74, 6) is -1.32. The van der Waals surface area contributed by atoms with Gasteiger partial charge in [-0.05, 0) is 44.1 Å². The molecule has 1 atom stereocenters. The number of carbonyl (C=O) groups is 2. The maximum atomic E-state index is 12.9. The molecule has 0 bridgehead atoms. The Labute approximate surface area is 151 Å². The summed E-state index contributed by atoms with van der Waals surface area (Å²) < 4.78 is 27.0. The van der Waals surface area contributed by atoms with E-state index in [1.165, 1.54) is 15.3 Å². The predicted octanol–water partition coefficient (Wildman–Crippen LogP) is 1.86. The number of nitrogens with zero attached hydrogens (tertiary/aromatic N) is 2. The molecule has 9 heteroatoms. The lowest BCUT2D eigenvalue weighted by Crippen LogP contribution is -2.48. The Morgan fingerprint density at radius 1 is 1.20 bits per heavy atom. The van der Waals surface area contributed by atoms with E-state index in [-0.39, 0.29) is 22.2 Å². The molecular formula is C16H22N2O5S2. The van der Waals surface area contributed by atoms with Gasteiger partial charge in [0.2, 0.25) is 10.0 Å². The third-order valence-electron chi connectivity index (χ3n) is 5.01. The second kappa shape index (κ2) is 6.69. The number of hydrogen-bond acceptors (Lipinski definition) is 5. The molecule has 138 valence electrons. The third kappa shape index (κ3) is 3.32. The molecule has 2 aliphatic heterocycles. The normalized spacial score (nSPS) is 25.2. The number of carboxylic acid groups (broad SMARTS) is 1. The van der Waals surface area contributed by atoms with Crippen molar-refractivity contribution in [3.05, 3.63) is 16.3 Å². The standard InChI is InChI=1S/C16H22N2O5S2/c1-16(15(20)21)6-4-7-17(11-16)14(19)13-12(5-10-24-13)25(22,23)18-8-2-3-9-18/h5,10H,2-4,6-9,11H2,1H3,(H,20,21). The van der Waals surface area contributed by atoms with Crippen molar-refractivity contribution >= 4 is 33.2 Å². The first-order chi connectivity index (χ1) is 11.8. The highest BCUT2D eigenvalue weighted by atomic mass is 32.2. The number of carbonyl (C=O) groups excluding carboxylic acids is 1. The van der Waals surface area contributed by atoms with Crippen LogP contribution in [0.3, 0.4) is 0 Å². The van der Waals surface area contributed by atoms with Gasteiger partial charge in [-0.3, -0.25) is 9.59 Å². The maximum Gasteiger partial charge on any atom is 0.311 e. The molecule has 0 aromatic carbocycles. The van der Waals surface area contributed by atoms with Gasteiger partial charge in [-0.1, -0.05) is 0 Å². The van der Waals surface area contributed by atoms with Crippen LogP contribution in [0, 0.1) is 5.41 Å². The number of amides is 1. The monoisotopic (exact) mass is 386 g/mol. The summed E-state index contributed by atoms with van der Waals surface area (Å²) in [6.45, 7) is 3.13. The summed E-state index contributed by atoms with van der Waals surface area (Å²) in [5.41, 5.74) is -0.987. The average Bonchev–Trinajstić information content (AvgIpc) is 3.26. The molecule has 25 heavy (non-hydrogen) atoms. The molecule has 1 amide bonds. The number of likely N-dealkylation sites (tertiary alicyclic amines) is 1. The van der Waals surface area contributed by atoms with E-state index < -0.39 is 21.4 Å². The zero-order chi connectivity index (χ0) is 18.2. The van der Waals surface area contributed by atoms with E-state index in [9.17, 15) is 23.1 Å². The summed E-state index contributed by atoms with van der Waals surface area (Å²) in [7, 11) is -3.67. The molecule has 0 saturated carbocycles. The van der Waals surface area contributed by atoms with Gasteiger partial charge in [0.25, 0.3) is 5.91 Å². The SMILES string of the molecule is CC1(C(=O)O)CCCN(C(=O)c2sccc2S(=O)(=O)N2CCCC2)C1. The van der Waals surface area contributed by atoms with Crippen molar-refractivity contribution in [1.82, 2.24) is 9.21 Å². The number of aliphatic carboxylic acids is 1. The van der Waals surface area contributed by atoms with E-state index >= 15 is 0 Å². The van der Waals surface area contributed by atoms with E-state index in [0.717, 1.165) is 24.2 Å². The topological polar surface area (TPSA) is 95.0 Å². The lowest BCUT2D eigenvalue weighted by atomic mass is 9.82. The zero-order valence-corrected chi connectivity index (χ0v) is 15.7. The fourth-order valence-electron chi connectivity index (χ4n) is 3.46. The smallest absolute Gasteiger partial charge is 0.311 e. The summed E-state index contributed by atoms with van der Waals surface area (Å²) in [6, 6.07) is 1.48. The van der Waals surface area contributed by atoms with Crippen LogP contribution in [-0.2, 0) is 14.8 Å². The molecule has 0 radical (unpaired) electrons. The molecule has 2 fully saturated rings. The van der Waals surface area contributed by atoms with Crippen molar-refractivity contribution in [2.75, 3.05) is 26.2 Å². The molecular weight excluding hydrogens is 364 g/mol. The van der Waals surface area contributed by atoms with Crippen molar-refractivity contribution in [2.45, 2.75) is 37.5 Å². The molecule has 1 unspecified atom stereocenters. The van der Waals surface area contributed by atoms with Crippen molar-refractivity contribution in [1.29, 1.82) is 0 Å². The first-order valence-corrected chi connectivity index (χ1v) is 10.7. The molecule has 2 aliphatic rings. The van der Waals surface area contributed by atoms with Crippen LogP contribution in [0.5, 0.6) is 0 Å². The molecule has 7 nitrogen and oxygen atoms in total. The number of carboxylic acids is 1. The second-order valence-electron chi connectivity index (χ2n) is 6.92. The molecule has 1 aromatic rings. The fraction of sp³-hybridized carbons (Fsp3) is 0.625. The van der Waals surface area contributed by atoms with Crippen LogP contribution in [0.4, 0.5) is 0 Å². The Balaban J connectivity index is 1.87. The fourth-order valence-corrected chi connectivity index (χ4v) is 6.33. The number of sulfonamides is 1. The molecule has 0 spiro atoms. The first kappa shape index (κ1) is 18.3. The molecule has 3 rings (SSSR count). The van der Waals surface area contributed by atoms with Crippen LogP contribution in [0.15, 0.2) is 16.3 Å². The van der Waals surface area contributed by atoms with Gasteiger partial charge < -0.3 is 10.0 Å². The number of thiophene rings is 1. The predicted molar refractivity (Wildman–Crippen MR) is 93.2 cm³/mol. The van der Waals surface area contributed by atoms with E-state index in [2.05, 4.69) is 0 Å². The molecule has 0 aliphatic carbocycles. The largest absolute Gasteiger partial charge is 0.481 e. The quantitative estimate of drug-likeness (QED) is 0.852. The van der Waals surface area contributed by atoms with Crippen molar-refractivity contribution in [3.8, 4) is 0 Å². The zero-order valence-electron chi connectivity index (χ0n) is 14.1. The van der Waals surface area contributed by atoms with Gasteiger partial charge >= 0.3 is 5.97 Å². The lowest BCUT2D eigenvalue weighted by molar-refractivity contribution is -0.150. The average molecular weight is 386 g/mol. The van der Waals surface area contributed by atoms with E-state index in [1.54, 1.807) is 12.3 Å². The van der Waals surface area contributed by atoms with Crippen LogP contribution >= 0.6 is 11.3 Å². The third-order valence-corrected chi connectivity index (χ3v) is 7.98. The summed E-state index contributed by atoms with van der Waals surface area (Å²) >= 11 is 1.10. The van der Waals surface area contributed by atoms with Crippen LogP contribution < -0.4 is 0 Å². The number of hydrogen-bond donors (Lipinski definition) is 1. The van der Waals surface area contributed by atoms with Gasteiger partial charge in [0.1, 0.15) is 9.77 Å². The Kier molecular flexibility index (Phi) is 4.91. The minimum absolute atomic E-state index is 0.0481. The lowest BCUT2D eigenvalue weighted by Gasteiger charge is -2.37. The minimum Gasteiger partial charge on any atom is -0.481 e. The Bertz CT molecular complexity index is 782. The van der Waals surface area contributed by atoms with Crippen molar-refractivity contribution in [2.24, 2.45) is 5.41 Å². The second-order valence-corrected chi connectivity index (χ2v) is 9.74. The van der Waals surface area contributed by atoms with Crippen LogP contribution in [0.2, 0.25) is 0 Å².